The zero-order valence-electron chi connectivity index (χ0n) is 10.4. The minimum absolute atomic E-state index is 0.0446. The lowest BCUT2D eigenvalue weighted by Gasteiger charge is -2.33. The fourth-order valence-corrected chi connectivity index (χ4v) is 2.36. The van der Waals surface area contributed by atoms with E-state index in [4.69, 9.17) is 0 Å². The van der Waals surface area contributed by atoms with Crippen molar-refractivity contribution >= 4 is 17.7 Å². The smallest absolute Gasteiger partial charge is 0.256 e. The molecule has 0 N–H and O–H groups in total. The Balaban J connectivity index is 2.30. The second-order valence-electron chi connectivity index (χ2n) is 4.56. The fourth-order valence-electron chi connectivity index (χ4n) is 2.36. The molecule has 18 heavy (non-hydrogen) atoms. The van der Waals surface area contributed by atoms with Crippen molar-refractivity contribution in [2.45, 2.75) is 32.2 Å². The maximum atomic E-state index is 12.4. The second kappa shape index (κ2) is 5.61. The summed E-state index contributed by atoms with van der Waals surface area (Å²) >= 11 is 0. The van der Waals surface area contributed by atoms with E-state index in [-0.39, 0.29) is 11.9 Å². The van der Waals surface area contributed by atoms with Crippen molar-refractivity contribution in [3.05, 3.63) is 29.8 Å². The first-order chi connectivity index (χ1) is 8.74. The van der Waals surface area contributed by atoms with E-state index in [1.54, 1.807) is 24.3 Å². The van der Waals surface area contributed by atoms with Crippen LogP contribution in [0.15, 0.2) is 29.3 Å². The van der Waals surface area contributed by atoms with Crippen molar-refractivity contribution in [2.75, 3.05) is 6.54 Å². The van der Waals surface area contributed by atoms with Gasteiger partial charge in [0, 0.05) is 12.6 Å². The summed E-state index contributed by atoms with van der Waals surface area (Å²) in [6.45, 7) is 2.84. The molecule has 1 atom stereocenters. The molecule has 1 amide bonds. The molecule has 1 saturated heterocycles. The average Bonchev–Trinajstić information content (AvgIpc) is 2.40. The number of carbonyl (C=O) groups excluding carboxylic acids is 2. The summed E-state index contributed by atoms with van der Waals surface area (Å²) in [5.41, 5.74) is 0.880. The van der Waals surface area contributed by atoms with Gasteiger partial charge >= 0.3 is 0 Å². The Labute approximate surface area is 106 Å². The maximum absolute atomic E-state index is 12.4. The van der Waals surface area contributed by atoms with Gasteiger partial charge in [0.15, 0.2) is 0 Å². The predicted octanol–water partition coefficient (Wildman–Crippen LogP) is 2.67. The van der Waals surface area contributed by atoms with Crippen molar-refractivity contribution in [2.24, 2.45) is 4.99 Å². The summed E-state index contributed by atoms with van der Waals surface area (Å²) in [4.78, 5) is 28.3. The van der Waals surface area contributed by atoms with Crippen LogP contribution in [0.2, 0.25) is 0 Å². The Hall–Kier alpha value is -1.93. The van der Waals surface area contributed by atoms with Crippen LogP contribution in [0.25, 0.3) is 0 Å². The number of benzene rings is 1. The monoisotopic (exact) mass is 244 g/mol. The molecule has 0 saturated carbocycles. The number of isocyanates is 1. The minimum atomic E-state index is -0.0446. The topological polar surface area (TPSA) is 49.7 Å². The van der Waals surface area contributed by atoms with Gasteiger partial charge in [0.25, 0.3) is 5.91 Å². The first-order valence-electron chi connectivity index (χ1n) is 6.22. The van der Waals surface area contributed by atoms with E-state index < -0.39 is 0 Å². The lowest BCUT2D eigenvalue weighted by Crippen LogP contribution is -2.42. The predicted molar refractivity (Wildman–Crippen MR) is 68.6 cm³/mol. The molecule has 0 aromatic heterocycles. The number of hydrogen-bond donors (Lipinski definition) is 0. The van der Waals surface area contributed by atoms with Gasteiger partial charge in [-0.25, -0.2) is 4.79 Å². The molecule has 2 rings (SSSR count). The largest absolute Gasteiger partial charge is 0.336 e. The summed E-state index contributed by atoms with van der Waals surface area (Å²) in [5, 5.41) is 0. The van der Waals surface area contributed by atoms with E-state index in [1.807, 2.05) is 4.90 Å². The van der Waals surface area contributed by atoms with Crippen LogP contribution in [0, 0.1) is 0 Å². The number of para-hydroxylation sites is 1. The van der Waals surface area contributed by atoms with E-state index in [2.05, 4.69) is 11.9 Å². The van der Waals surface area contributed by atoms with Gasteiger partial charge < -0.3 is 4.90 Å². The van der Waals surface area contributed by atoms with Gasteiger partial charge in [-0.2, -0.15) is 4.99 Å². The number of amides is 1. The Morgan fingerprint density at radius 3 is 2.89 bits per heavy atom. The van der Waals surface area contributed by atoms with Crippen molar-refractivity contribution in [1.82, 2.24) is 4.90 Å². The number of piperidine rings is 1. The van der Waals surface area contributed by atoms with Crippen LogP contribution in [-0.2, 0) is 4.79 Å². The lowest BCUT2D eigenvalue weighted by atomic mass is 10.0. The third-order valence-corrected chi connectivity index (χ3v) is 3.36. The molecule has 0 radical (unpaired) electrons. The summed E-state index contributed by atoms with van der Waals surface area (Å²) in [5.74, 6) is -0.0446. The zero-order valence-corrected chi connectivity index (χ0v) is 10.4. The number of likely N-dealkylation sites (tertiary alicyclic amines) is 1. The molecule has 1 aromatic rings. The Morgan fingerprint density at radius 2 is 2.17 bits per heavy atom. The van der Waals surface area contributed by atoms with E-state index in [0.717, 1.165) is 19.4 Å². The van der Waals surface area contributed by atoms with Crippen LogP contribution >= 0.6 is 0 Å². The highest BCUT2D eigenvalue weighted by atomic mass is 16.2. The van der Waals surface area contributed by atoms with Crippen LogP contribution in [-0.4, -0.2) is 29.5 Å². The summed E-state index contributed by atoms with van der Waals surface area (Å²) in [6.07, 6.45) is 4.73. The number of rotatable bonds is 2. The normalized spacial score (nSPS) is 19.2. The van der Waals surface area contributed by atoms with E-state index in [1.165, 1.54) is 12.5 Å². The maximum Gasteiger partial charge on any atom is 0.256 e. The van der Waals surface area contributed by atoms with Crippen LogP contribution in [0.5, 0.6) is 0 Å². The van der Waals surface area contributed by atoms with E-state index >= 15 is 0 Å². The first-order valence-corrected chi connectivity index (χ1v) is 6.22. The average molecular weight is 244 g/mol. The van der Waals surface area contributed by atoms with Crippen molar-refractivity contribution in [3.8, 4) is 0 Å². The van der Waals surface area contributed by atoms with Gasteiger partial charge in [0.2, 0.25) is 6.08 Å². The Bertz CT molecular complexity index is 492. The first kappa shape index (κ1) is 12.5. The van der Waals surface area contributed by atoms with Crippen LogP contribution < -0.4 is 0 Å². The SMILES string of the molecule is CC1CCCCN1C(=O)c1ccccc1N=C=O. The molecule has 4 heteroatoms. The molecular formula is C14H16N2O2. The van der Waals surface area contributed by atoms with E-state index in [9.17, 15) is 9.59 Å². The highest BCUT2D eigenvalue weighted by Crippen LogP contribution is 2.24. The second-order valence-corrected chi connectivity index (χ2v) is 4.56. The number of carbonyl (C=O) groups is 1. The molecule has 1 unspecified atom stereocenters. The molecule has 1 fully saturated rings. The molecule has 0 aliphatic carbocycles. The Kier molecular flexibility index (Phi) is 3.90. The summed E-state index contributed by atoms with van der Waals surface area (Å²) < 4.78 is 0. The summed E-state index contributed by atoms with van der Waals surface area (Å²) in [7, 11) is 0. The number of aliphatic imine (C=N–C) groups is 1. The number of nitrogens with zero attached hydrogens (tertiary/aromatic N) is 2. The van der Waals surface area contributed by atoms with Crippen LogP contribution in [0.1, 0.15) is 36.5 Å². The van der Waals surface area contributed by atoms with Gasteiger partial charge in [-0.1, -0.05) is 12.1 Å². The molecule has 1 aromatic carbocycles. The van der Waals surface area contributed by atoms with E-state index in [0.29, 0.717) is 11.3 Å². The van der Waals surface area contributed by atoms with Crippen LogP contribution in [0.3, 0.4) is 0 Å². The quantitative estimate of drug-likeness (QED) is 0.593. The van der Waals surface area contributed by atoms with Crippen molar-refractivity contribution < 1.29 is 9.59 Å². The van der Waals surface area contributed by atoms with Crippen LogP contribution in [0.4, 0.5) is 5.69 Å². The third-order valence-electron chi connectivity index (χ3n) is 3.36. The summed E-state index contributed by atoms with van der Waals surface area (Å²) in [6, 6.07) is 7.16. The molecule has 1 heterocycles. The lowest BCUT2D eigenvalue weighted by molar-refractivity contribution is 0.0636. The molecule has 1 aliphatic heterocycles. The van der Waals surface area contributed by atoms with Gasteiger partial charge in [-0.15, -0.1) is 0 Å². The molecular weight excluding hydrogens is 228 g/mol. The van der Waals surface area contributed by atoms with Gasteiger partial charge in [-0.3, -0.25) is 4.79 Å². The molecule has 0 spiro atoms. The van der Waals surface area contributed by atoms with Crippen molar-refractivity contribution in [3.63, 3.8) is 0 Å². The number of hydrogen-bond acceptors (Lipinski definition) is 3. The third kappa shape index (κ3) is 2.49. The fraction of sp³-hybridized carbons (Fsp3) is 0.429. The van der Waals surface area contributed by atoms with Crippen molar-refractivity contribution in [1.29, 1.82) is 0 Å². The van der Waals surface area contributed by atoms with Gasteiger partial charge in [0.1, 0.15) is 0 Å². The molecule has 4 nitrogen and oxygen atoms in total. The Morgan fingerprint density at radius 1 is 1.39 bits per heavy atom. The zero-order chi connectivity index (χ0) is 13.0. The highest BCUT2D eigenvalue weighted by Gasteiger charge is 2.25. The molecule has 1 aliphatic rings. The highest BCUT2D eigenvalue weighted by molar-refractivity contribution is 5.99. The van der Waals surface area contributed by atoms with Gasteiger partial charge in [-0.05, 0) is 38.3 Å². The minimum Gasteiger partial charge on any atom is -0.336 e. The molecule has 94 valence electrons. The standard InChI is InChI=1S/C14H16N2O2/c1-11-6-4-5-9-16(11)14(18)12-7-2-3-8-13(12)15-10-17/h2-3,7-8,11H,4-6,9H2,1H3. The molecule has 0 bridgehead atoms. The van der Waals surface area contributed by atoms with Gasteiger partial charge in [0.05, 0.1) is 11.3 Å².